The van der Waals surface area contributed by atoms with Crippen molar-refractivity contribution in [2.75, 3.05) is 27.0 Å². The van der Waals surface area contributed by atoms with Crippen LogP contribution < -0.4 is 20.2 Å². The fourth-order valence-corrected chi connectivity index (χ4v) is 3.43. The number of nitrogens with one attached hydrogen (secondary N) is 1. The van der Waals surface area contributed by atoms with Crippen molar-refractivity contribution in [3.8, 4) is 11.5 Å². The molecule has 3 rings (SSSR count). The van der Waals surface area contributed by atoms with Gasteiger partial charge in [-0.2, -0.15) is 0 Å². The van der Waals surface area contributed by atoms with Crippen LogP contribution in [0.1, 0.15) is 31.1 Å². The molecule has 162 valence electrons. The summed E-state index contributed by atoms with van der Waals surface area (Å²) in [4.78, 5) is 40.1. The second kappa shape index (κ2) is 8.74. The van der Waals surface area contributed by atoms with E-state index in [0.717, 1.165) is 0 Å². The molecule has 1 atom stereocenters. The average Bonchev–Trinajstić information content (AvgIpc) is 3.18. The summed E-state index contributed by atoms with van der Waals surface area (Å²) in [5.41, 5.74) is 0.151. The van der Waals surface area contributed by atoms with Crippen molar-refractivity contribution >= 4 is 22.7 Å². The fourth-order valence-electron chi connectivity index (χ4n) is 3.43. The first-order valence-electron chi connectivity index (χ1n) is 9.92. The number of pyridine rings is 1. The molecule has 0 fully saturated rings. The van der Waals surface area contributed by atoms with Crippen molar-refractivity contribution < 1.29 is 24.2 Å². The highest BCUT2D eigenvalue weighted by Crippen LogP contribution is 2.35. The highest BCUT2D eigenvalue weighted by Gasteiger charge is 2.29. The third-order valence-corrected chi connectivity index (χ3v) is 5.19. The monoisotopic (exact) mass is 417 g/mol. The number of nitrogens with zero attached hydrogens (tertiary/aromatic N) is 2. The zero-order chi connectivity index (χ0) is 22.0. The van der Waals surface area contributed by atoms with Gasteiger partial charge in [0.15, 0.2) is 11.5 Å². The molecule has 2 amide bonds. The van der Waals surface area contributed by atoms with Crippen LogP contribution in [0.25, 0.3) is 10.9 Å². The van der Waals surface area contributed by atoms with E-state index in [-0.39, 0.29) is 37.3 Å². The van der Waals surface area contributed by atoms with E-state index in [1.165, 1.54) is 11.1 Å². The molecule has 1 aromatic carbocycles. The fraction of sp³-hybridized carbons (Fsp3) is 0.476. The lowest BCUT2D eigenvalue weighted by Gasteiger charge is -2.26. The van der Waals surface area contributed by atoms with Gasteiger partial charge in [-0.3, -0.25) is 14.4 Å². The van der Waals surface area contributed by atoms with E-state index in [1.54, 1.807) is 37.6 Å². The van der Waals surface area contributed by atoms with Crippen LogP contribution in [0.3, 0.4) is 0 Å². The van der Waals surface area contributed by atoms with Gasteiger partial charge in [0, 0.05) is 32.4 Å². The number of hydrogen-bond acceptors (Lipinski definition) is 6. The molecule has 0 saturated heterocycles. The highest BCUT2D eigenvalue weighted by molar-refractivity contribution is 6.00. The van der Waals surface area contributed by atoms with Gasteiger partial charge in [-0.1, -0.05) is 13.8 Å². The smallest absolute Gasteiger partial charge is 0.257 e. The Morgan fingerprint density at radius 2 is 1.93 bits per heavy atom. The molecule has 0 spiro atoms. The second-order valence-corrected chi connectivity index (χ2v) is 7.56. The van der Waals surface area contributed by atoms with Gasteiger partial charge in [-0.25, -0.2) is 0 Å². The zero-order valence-corrected chi connectivity index (χ0v) is 17.6. The van der Waals surface area contributed by atoms with E-state index in [4.69, 9.17) is 14.6 Å². The number of carbonyl (C=O) groups is 2. The van der Waals surface area contributed by atoms with Crippen molar-refractivity contribution in [1.29, 1.82) is 0 Å². The van der Waals surface area contributed by atoms with E-state index in [9.17, 15) is 14.4 Å². The number of benzene rings is 1. The van der Waals surface area contributed by atoms with Crippen LogP contribution in [-0.4, -0.2) is 59.4 Å². The normalized spacial score (nSPS) is 13.5. The summed E-state index contributed by atoms with van der Waals surface area (Å²) in [6.07, 6.45) is 1.50. The number of fused-ring (bicyclic) bond motifs is 2. The molecule has 1 aromatic heterocycles. The maximum absolute atomic E-state index is 13.1. The quantitative estimate of drug-likeness (QED) is 0.694. The molecule has 30 heavy (non-hydrogen) atoms. The predicted octanol–water partition coefficient (Wildman–Crippen LogP) is 0.955. The maximum Gasteiger partial charge on any atom is 0.257 e. The van der Waals surface area contributed by atoms with E-state index in [0.29, 0.717) is 28.9 Å². The number of aryl methyl sites for hydroxylation is 1. The molecule has 1 aliphatic rings. The molecule has 1 aliphatic heterocycles. The summed E-state index contributed by atoms with van der Waals surface area (Å²) >= 11 is 0. The first kappa shape index (κ1) is 21.6. The Labute approximate surface area is 174 Å². The summed E-state index contributed by atoms with van der Waals surface area (Å²) in [6, 6.07) is 2.49. The number of aliphatic hydroxyl groups is 1. The molecule has 9 nitrogen and oxygen atoms in total. The van der Waals surface area contributed by atoms with Crippen LogP contribution in [0.4, 0.5) is 0 Å². The molecule has 0 radical (unpaired) electrons. The molecule has 0 bridgehead atoms. The summed E-state index contributed by atoms with van der Waals surface area (Å²) < 4.78 is 12.6. The summed E-state index contributed by atoms with van der Waals surface area (Å²) in [5.74, 6) is -0.136. The Balaban J connectivity index is 2.00. The van der Waals surface area contributed by atoms with Crippen LogP contribution in [0.15, 0.2) is 23.1 Å². The molecule has 9 heteroatoms. The van der Waals surface area contributed by atoms with Gasteiger partial charge in [-0.05, 0) is 18.9 Å². The SMILES string of the molecule is CCn1cc(C(=O)NC(C(=O)N(C)CCO)C(C)C)c(=O)c2cc3c(cc21)OCO3. The first-order valence-corrected chi connectivity index (χ1v) is 9.92. The van der Waals surface area contributed by atoms with E-state index >= 15 is 0 Å². The molecule has 0 saturated carbocycles. The number of aromatic nitrogens is 1. The van der Waals surface area contributed by atoms with Gasteiger partial charge in [0.05, 0.1) is 17.5 Å². The van der Waals surface area contributed by atoms with Gasteiger partial charge in [-0.15, -0.1) is 0 Å². The minimum atomic E-state index is -0.823. The average molecular weight is 417 g/mol. The lowest BCUT2D eigenvalue weighted by Crippen LogP contribution is -2.51. The summed E-state index contributed by atoms with van der Waals surface area (Å²) in [7, 11) is 1.56. The lowest BCUT2D eigenvalue weighted by atomic mass is 10.0. The predicted molar refractivity (Wildman–Crippen MR) is 111 cm³/mol. The molecule has 2 N–H and O–H groups in total. The second-order valence-electron chi connectivity index (χ2n) is 7.56. The van der Waals surface area contributed by atoms with Crippen LogP contribution in [-0.2, 0) is 11.3 Å². The van der Waals surface area contributed by atoms with E-state index in [2.05, 4.69) is 5.32 Å². The molecular formula is C21H27N3O6. The maximum atomic E-state index is 13.1. The van der Waals surface area contributed by atoms with Crippen LogP contribution in [0, 0.1) is 5.92 Å². The van der Waals surface area contributed by atoms with Gasteiger partial charge < -0.3 is 29.4 Å². The summed E-state index contributed by atoms with van der Waals surface area (Å²) in [5, 5.41) is 12.1. The minimum absolute atomic E-state index is 0.0496. The van der Waals surface area contributed by atoms with Gasteiger partial charge in [0.1, 0.15) is 11.6 Å². The molecule has 0 aliphatic carbocycles. The third-order valence-electron chi connectivity index (χ3n) is 5.19. The van der Waals surface area contributed by atoms with E-state index in [1.807, 2.05) is 6.92 Å². The standard InChI is InChI=1S/C21H27N3O6/c1-5-24-10-14(19(26)13-8-16-17(9-15(13)24)30-11-29-16)20(27)22-18(12(2)3)21(28)23(4)6-7-25/h8-10,12,18,25H,5-7,11H2,1-4H3,(H,22,27). The lowest BCUT2D eigenvalue weighted by molar-refractivity contribution is -0.133. The van der Waals surface area contributed by atoms with Crippen molar-refractivity contribution in [3.63, 3.8) is 0 Å². The van der Waals surface area contributed by atoms with Crippen LogP contribution in [0.5, 0.6) is 11.5 Å². The van der Waals surface area contributed by atoms with Crippen LogP contribution in [0.2, 0.25) is 0 Å². The number of rotatable bonds is 7. The number of ether oxygens (including phenoxy) is 2. The number of carbonyl (C=O) groups excluding carboxylic acids is 2. The number of hydrogen-bond donors (Lipinski definition) is 2. The zero-order valence-electron chi connectivity index (χ0n) is 17.6. The Morgan fingerprint density at radius 1 is 1.27 bits per heavy atom. The molecular weight excluding hydrogens is 390 g/mol. The van der Waals surface area contributed by atoms with E-state index < -0.39 is 17.4 Å². The van der Waals surface area contributed by atoms with Gasteiger partial charge in [0.2, 0.25) is 18.1 Å². The number of aliphatic hydroxyl groups excluding tert-OH is 1. The number of likely N-dealkylation sites (N-methyl/N-ethyl adjacent to an activating group) is 1. The number of amides is 2. The largest absolute Gasteiger partial charge is 0.454 e. The topological polar surface area (TPSA) is 110 Å². The Hall–Kier alpha value is -3.07. The van der Waals surface area contributed by atoms with Crippen molar-refractivity contribution in [2.24, 2.45) is 5.92 Å². The van der Waals surface area contributed by atoms with Crippen molar-refractivity contribution in [1.82, 2.24) is 14.8 Å². The molecule has 1 unspecified atom stereocenters. The Bertz CT molecular complexity index is 1030. The molecule has 2 heterocycles. The highest BCUT2D eigenvalue weighted by atomic mass is 16.7. The minimum Gasteiger partial charge on any atom is -0.454 e. The first-order chi connectivity index (χ1) is 14.3. The van der Waals surface area contributed by atoms with Gasteiger partial charge >= 0.3 is 0 Å². The van der Waals surface area contributed by atoms with Crippen molar-refractivity contribution in [3.05, 3.63) is 34.1 Å². The Morgan fingerprint density at radius 3 is 2.53 bits per heavy atom. The third kappa shape index (κ3) is 3.97. The summed E-state index contributed by atoms with van der Waals surface area (Å²) in [6.45, 7) is 6.11. The van der Waals surface area contributed by atoms with Crippen molar-refractivity contribution in [2.45, 2.75) is 33.4 Å². The van der Waals surface area contributed by atoms with Gasteiger partial charge in [0.25, 0.3) is 5.91 Å². The Kier molecular flexibility index (Phi) is 6.31. The molecule has 2 aromatic rings. The van der Waals surface area contributed by atoms with Crippen LogP contribution >= 0.6 is 0 Å².